The van der Waals surface area contributed by atoms with Gasteiger partial charge in [0, 0.05) is 22.6 Å². The maximum atomic E-state index is 10.4. The molecule has 13 heteroatoms. The van der Waals surface area contributed by atoms with Crippen LogP contribution in [-0.2, 0) is 21.7 Å². The molecule has 0 heterocycles. The highest BCUT2D eigenvalue weighted by Crippen LogP contribution is 2.49. The summed E-state index contributed by atoms with van der Waals surface area (Å²) in [5, 5.41) is 41.5. The van der Waals surface area contributed by atoms with Crippen molar-refractivity contribution in [3.63, 3.8) is 0 Å². The van der Waals surface area contributed by atoms with E-state index in [0.29, 0.717) is 0 Å². The van der Waals surface area contributed by atoms with E-state index in [1.165, 1.54) is 0 Å². The minimum atomic E-state index is -0.211. The van der Waals surface area contributed by atoms with Crippen molar-refractivity contribution in [2.75, 3.05) is 24.6 Å². The Balaban J connectivity index is -0.000000213. The number of aromatic hydroxyl groups is 4. The number of halogens is 2. The van der Waals surface area contributed by atoms with Crippen molar-refractivity contribution in [2.45, 2.75) is 115 Å². The standard InChI is InChI=1S/2C16H27NO2S.2ClH.3H2O/c2*1-15(2,3)10-9-11(16(4,5)6)14(20-8-7-17)13(19)12(10)18;;;;;/h2*9,18-19H,7-8,17H2,1-6H3;2*1H;3*1H2. The molecule has 0 aliphatic carbocycles. The number of hydrogen-bond acceptors (Lipinski definition) is 6. The first kappa shape index (κ1) is 53.2. The molecule has 0 saturated heterocycles. The first-order chi connectivity index (χ1) is 18.0. The summed E-state index contributed by atoms with van der Waals surface area (Å²) in [7, 11) is 0. The van der Waals surface area contributed by atoms with E-state index in [0.717, 1.165) is 56.6 Å². The first-order valence-electron chi connectivity index (χ1n) is 14.0. The van der Waals surface area contributed by atoms with Gasteiger partial charge >= 0.3 is 0 Å². The third-order valence-electron chi connectivity index (χ3n) is 6.47. The quantitative estimate of drug-likeness (QED) is 0.140. The summed E-state index contributed by atoms with van der Waals surface area (Å²) in [5.74, 6) is 1.70. The zero-order valence-corrected chi connectivity index (χ0v) is 32.4. The van der Waals surface area contributed by atoms with Crippen LogP contribution in [0.5, 0.6) is 23.0 Å². The molecule has 45 heavy (non-hydrogen) atoms. The Labute approximate surface area is 292 Å². The van der Waals surface area contributed by atoms with Crippen LogP contribution in [-0.4, -0.2) is 61.4 Å². The van der Waals surface area contributed by atoms with Crippen LogP contribution in [0.25, 0.3) is 0 Å². The van der Waals surface area contributed by atoms with Crippen LogP contribution in [0.2, 0.25) is 0 Å². The fourth-order valence-corrected chi connectivity index (χ4v) is 6.39. The lowest BCUT2D eigenvalue weighted by atomic mass is 9.80. The molecule has 0 fully saturated rings. The maximum absolute atomic E-state index is 10.4. The van der Waals surface area contributed by atoms with Crippen molar-refractivity contribution in [3.8, 4) is 23.0 Å². The van der Waals surface area contributed by atoms with E-state index in [1.807, 2.05) is 53.7 Å². The van der Waals surface area contributed by atoms with Gasteiger partial charge in [-0.2, -0.15) is 0 Å². The molecule has 9 nitrogen and oxygen atoms in total. The summed E-state index contributed by atoms with van der Waals surface area (Å²) >= 11 is 3.12. The average Bonchev–Trinajstić information content (AvgIpc) is 2.78. The highest BCUT2D eigenvalue weighted by molar-refractivity contribution is 7.99. The molecule has 2 rings (SSSR count). The number of phenolic OH excluding ortho intramolecular Hbond substituents is 4. The van der Waals surface area contributed by atoms with E-state index in [1.54, 1.807) is 23.5 Å². The van der Waals surface area contributed by atoms with E-state index in [2.05, 4.69) is 53.0 Å². The van der Waals surface area contributed by atoms with Gasteiger partial charge in [0.05, 0.1) is 22.9 Å². The Bertz CT molecular complexity index is 1080. The van der Waals surface area contributed by atoms with Gasteiger partial charge in [-0.1, -0.05) is 83.1 Å². The van der Waals surface area contributed by atoms with Crippen LogP contribution in [0.15, 0.2) is 21.9 Å². The van der Waals surface area contributed by atoms with Crippen LogP contribution in [0.1, 0.15) is 105 Å². The Kier molecular flexibility index (Phi) is 23.9. The summed E-state index contributed by atoms with van der Waals surface area (Å²) in [6.45, 7) is 26.6. The van der Waals surface area contributed by atoms with Crippen LogP contribution >= 0.6 is 23.5 Å². The lowest BCUT2D eigenvalue weighted by molar-refractivity contribution is -0.360. The zero-order valence-electron chi connectivity index (χ0n) is 29.3. The monoisotopic (exact) mass is 720 g/mol. The van der Waals surface area contributed by atoms with Gasteiger partial charge in [0.25, 0.3) is 0 Å². The summed E-state index contributed by atoms with van der Waals surface area (Å²) < 4.78 is 0. The molecule has 0 radical (unpaired) electrons. The molecule has 0 aromatic heterocycles. The van der Waals surface area contributed by atoms with Gasteiger partial charge in [-0.15, -0.1) is 23.5 Å². The number of phenols is 4. The second-order valence-electron chi connectivity index (χ2n) is 14.4. The second kappa shape index (κ2) is 20.2. The Morgan fingerprint density at radius 3 is 0.867 bits per heavy atom. The molecular formula is C32H62Cl2N2O7S2. The smallest absolute Gasteiger partial charge is 0.171 e. The maximum Gasteiger partial charge on any atom is 0.171 e. The summed E-state index contributed by atoms with van der Waals surface area (Å²) in [6.07, 6.45) is 0. The van der Waals surface area contributed by atoms with Crippen molar-refractivity contribution in [1.82, 2.24) is 0 Å². The van der Waals surface area contributed by atoms with Crippen molar-refractivity contribution < 1.29 is 73.1 Å². The fourth-order valence-electron chi connectivity index (χ4n) is 4.18. The summed E-state index contributed by atoms with van der Waals surface area (Å²) in [6, 6.07) is 4.08. The Hall–Kier alpha value is -1.28. The molecule has 2 aromatic rings. The molecule has 2 aromatic carbocycles. The number of rotatable bonds is 6. The Morgan fingerprint density at radius 1 is 0.467 bits per heavy atom. The first-order valence-corrected chi connectivity index (χ1v) is 16.0. The van der Waals surface area contributed by atoms with Crippen LogP contribution < -0.4 is 36.3 Å². The van der Waals surface area contributed by atoms with E-state index < -0.39 is 0 Å². The number of hydrogen-bond donors (Lipinski definition) is 6. The molecule has 0 atom stereocenters. The molecule has 0 aliphatic rings. The number of thioether (sulfide) groups is 2. The van der Waals surface area contributed by atoms with Gasteiger partial charge in [0.1, 0.15) is 0 Å². The molecule has 0 bridgehead atoms. The molecule has 0 aliphatic heterocycles. The van der Waals surface area contributed by atoms with Crippen molar-refractivity contribution >= 4 is 23.5 Å². The highest BCUT2D eigenvalue weighted by atomic mass is 35.5. The van der Waals surface area contributed by atoms with Gasteiger partial charge in [0.2, 0.25) is 0 Å². The van der Waals surface area contributed by atoms with Crippen LogP contribution in [0, 0.1) is 0 Å². The average molecular weight is 722 g/mol. The van der Waals surface area contributed by atoms with Crippen molar-refractivity contribution in [2.24, 2.45) is 0 Å². The third-order valence-corrected chi connectivity index (χ3v) is 8.86. The lowest BCUT2D eigenvalue weighted by Gasteiger charge is -2.29. The molecule has 0 saturated carbocycles. The van der Waals surface area contributed by atoms with Gasteiger partial charge in [0.15, 0.2) is 23.0 Å². The second-order valence-corrected chi connectivity index (χ2v) is 16.6. The molecule has 16 N–H and O–H groups in total. The SMILES string of the molecule is CC(C)(C)c1cc(C(C)(C)C)c(SCC[NH3+])c(O)c1O.CC(C)(C)c1cc(C(C)(C)C)c(SCC[NH3+])c(O)c1O.O.O.O.[Cl-].[Cl-]. The topological polar surface area (TPSA) is 231 Å². The van der Waals surface area contributed by atoms with E-state index in [9.17, 15) is 20.4 Å². The lowest BCUT2D eigenvalue weighted by Crippen LogP contribution is -3.00. The number of quaternary nitrogens is 2. The molecule has 268 valence electrons. The molecule has 0 amide bonds. The third kappa shape index (κ3) is 14.2. The molecular weight excluding hydrogens is 659 g/mol. The predicted octanol–water partition coefficient (Wildman–Crippen LogP) is -2.41. The predicted molar refractivity (Wildman–Crippen MR) is 182 cm³/mol. The van der Waals surface area contributed by atoms with Gasteiger partial charge in [-0.05, 0) is 44.9 Å². The molecule has 0 spiro atoms. The van der Waals surface area contributed by atoms with Crippen LogP contribution in [0.3, 0.4) is 0 Å². The zero-order chi connectivity index (χ0) is 31.4. The van der Waals surface area contributed by atoms with Crippen LogP contribution in [0.4, 0.5) is 0 Å². The van der Waals surface area contributed by atoms with E-state index in [4.69, 9.17) is 0 Å². The molecule has 0 unspecified atom stereocenters. The van der Waals surface area contributed by atoms with Crippen molar-refractivity contribution in [3.05, 3.63) is 34.4 Å². The van der Waals surface area contributed by atoms with Gasteiger partial charge in [-0.3, -0.25) is 0 Å². The normalized spacial score (nSPS) is 11.3. The van der Waals surface area contributed by atoms with Gasteiger partial charge < -0.3 is 73.1 Å². The van der Waals surface area contributed by atoms with E-state index in [-0.39, 0.29) is 85.9 Å². The minimum absolute atomic E-state index is 0. The van der Waals surface area contributed by atoms with Crippen molar-refractivity contribution in [1.29, 1.82) is 0 Å². The summed E-state index contributed by atoms with van der Waals surface area (Å²) in [4.78, 5) is 1.57. The van der Waals surface area contributed by atoms with E-state index >= 15 is 0 Å². The van der Waals surface area contributed by atoms with Gasteiger partial charge in [-0.25, -0.2) is 0 Å². The minimum Gasteiger partial charge on any atom is -1.00 e. The summed E-state index contributed by atoms with van der Waals surface area (Å²) in [5.41, 5.74) is 10.8. The fraction of sp³-hybridized carbons (Fsp3) is 0.625. The highest BCUT2D eigenvalue weighted by Gasteiger charge is 2.30. The number of benzene rings is 2. The Morgan fingerprint density at radius 2 is 0.689 bits per heavy atom. The largest absolute Gasteiger partial charge is 1.00 e.